The van der Waals surface area contributed by atoms with Crippen LogP contribution in [0, 0.1) is 0 Å². The molecule has 0 spiro atoms. The number of hydrogen-bond donors (Lipinski definition) is 1. The minimum absolute atomic E-state index is 0.209. The van der Waals surface area contributed by atoms with E-state index in [4.69, 9.17) is 24.2 Å². The second-order valence-corrected chi connectivity index (χ2v) is 9.90. The number of methoxy groups -OCH3 is 1. The van der Waals surface area contributed by atoms with Gasteiger partial charge in [0.1, 0.15) is 17.1 Å². The lowest BCUT2D eigenvalue weighted by molar-refractivity contribution is 0.0521. The molecule has 39 heavy (non-hydrogen) atoms. The Morgan fingerprint density at radius 3 is 2.51 bits per heavy atom. The van der Waals surface area contributed by atoms with E-state index in [-0.39, 0.29) is 5.69 Å². The van der Waals surface area contributed by atoms with Gasteiger partial charge in [0.2, 0.25) is 5.95 Å². The smallest absolute Gasteiger partial charge is 0.435 e. The van der Waals surface area contributed by atoms with Gasteiger partial charge in [-0.2, -0.15) is 14.8 Å². The number of nitrogens with zero attached hydrogens (tertiary/aromatic N) is 6. The van der Waals surface area contributed by atoms with Crippen LogP contribution in [0.3, 0.4) is 0 Å². The predicted octanol–water partition coefficient (Wildman–Crippen LogP) is 4.04. The molecule has 3 aromatic heterocycles. The first-order valence-corrected chi connectivity index (χ1v) is 12.4. The number of rotatable bonds is 5. The van der Waals surface area contributed by atoms with Gasteiger partial charge < -0.3 is 24.4 Å². The van der Waals surface area contributed by atoms with Gasteiger partial charge in [0.15, 0.2) is 0 Å². The molecule has 0 radical (unpaired) electrons. The molecule has 1 fully saturated rings. The zero-order chi connectivity index (χ0) is 27.6. The van der Waals surface area contributed by atoms with E-state index in [1.807, 2.05) is 45.0 Å². The molecule has 0 atom stereocenters. The Morgan fingerprint density at radius 1 is 1.03 bits per heavy atom. The van der Waals surface area contributed by atoms with Gasteiger partial charge in [-0.3, -0.25) is 0 Å². The van der Waals surface area contributed by atoms with Crippen LogP contribution in [-0.4, -0.2) is 75.8 Å². The summed E-state index contributed by atoms with van der Waals surface area (Å²) in [6.45, 7) is 7.94. The molecule has 0 bridgehead atoms. The van der Waals surface area contributed by atoms with Crippen LogP contribution in [0.5, 0.6) is 0 Å². The van der Waals surface area contributed by atoms with Crippen molar-refractivity contribution in [3.8, 4) is 11.3 Å². The molecule has 12 heteroatoms. The number of nitrogens with one attached hydrogen (secondary N) is 1. The molecule has 5 rings (SSSR count). The Morgan fingerprint density at radius 2 is 1.82 bits per heavy atom. The first-order chi connectivity index (χ1) is 18.7. The van der Waals surface area contributed by atoms with E-state index in [0.717, 1.165) is 10.9 Å². The van der Waals surface area contributed by atoms with E-state index < -0.39 is 17.7 Å². The topological polar surface area (TPSA) is 134 Å². The van der Waals surface area contributed by atoms with Crippen molar-refractivity contribution in [2.45, 2.75) is 26.4 Å². The van der Waals surface area contributed by atoms with Crippen molar-refractivity contribution in [2.75, 3.05) is 43.6 Å². The van der Waals surface area contributed by atoms with Crippen molar-refractivity contribution in [1.29, 1.82) is 0 Å². The van der Waals surface area contributed by atoms with Crippen LogP contribution < -0.4 is 10.2 Å². The van der Waals surface area contributed by atoms with E-state index in [2.05, 4.69) is 20.3 Å². The summed E-state index contributed by atoms with van der Waals surface area (Å²) >= 11 is 0. The minimum Gasteiger partial charge on any atom is -0.464 e. The summed E-state index contributed by atoms with van der Waals surface area (Å²) in [7, 11) is 1.31. The van der Waals surface area contributed by atoms with Crippen LogP contribution in [0.4, 0.5) is 22.2 Å². The third-order valence-electron chi connectivity index (χ3n) is 5.87. The van der Waals surface area contributed by atoms with Gasteiger partial charge in [-0.1, -0.05) is 6.07 Å². The van der Waals surface area contributed by atoms with Crippen molar-refractivity contribution >= 4 is 40.4 Å². The molecular weight excluding hydrogens is 502 g/mol. The summed E-state index contributed by atoms with van der Waals surface area (Å²) in [5.74, 6) is 0.603. The molecule has 4 aromatic rings. The summed E-state index contributed by atoms with van der Waals surface area (Å²) in [5, 5.41) is 8.26. The molecule has 1 N–H and O–H groups in total. The van der Waals surface area contributed by atoms with Crippen LogP contribution >= 0.6 is 0 Å². The average Bonchev–Trinajstić information content (AvgIpc) is 3.36. The van der Waals surface area contributed by atoms with Gasteiger partial charge in [0.05, 0.1) is 49.6 Å². The van der Waals surface area contributed by atoms with Crippen molar-refractivity contribution in [2.24, 2.45) is 0 Å². The zero-order valence-electron chi connectivity index (χ0n) is 22.2. The van der Waals surface area contributed by atoms with Crippen molar-refractivity contribution in [3.05, 3.63) is 54.5 Å². The lowest BCUT2D eigenvalue weighted by Crippen LogP contribution is -2.37. The SMILES string of the molecule is COC(=O)c1ccc(Nc2cc(-c3ccc4c(cnn4C(=O)OC(C)(C)C)c3)nc(N3CCOCC3)n2)cn1. The van der Waals surface area contributed by atoms with E-state index in [9.17, 15) is 9.59 Å². The molecule has 0 unspecified atom stereocenters. The van der Waals surface area contributed by atoms with E-state index in [1.165, 1.54) is 11.8 Å². The molecule has 1 aliphatic heterocycles. The summed E-state index contributed by atoms with van der Waals surface area (Å²) in [5.41, 5.74) is 2.36. The van der Waals surface area contributed by atoms with Crippen LogP contribution in [0.15, 0.2) is 48.8 Å². The molecule has 0 aliphatic carbocycles. The summed E-state index contributed by atoms with van der Waals surface area (Å²) in [6, 6.07) is 10.8. The molecular formula is C27H29N7O5. The van der Waals surface area contributed by atoms with Gasteiger partial charge in [0, 0.05) is 30.1 Å². The second kappa shape index (κ2) is 10.7. The number of anilines is 3. The third kappa shape index (κ3) is 5.96. The maximum Gasteiger partial charge on any atom is 0.435 e. The normalized spacial score (nSPS) is 13.8. The standard InChI is InChI=1S/C27H29N7O5/c1-27(2,3)39-26(36)34-22-8-5-17(13-18(22)15-29-34)21-14-23(32-25(31-21)33-9-11-38-12-10-33)30-19-6-7-20(28-16-19)24(35)37-4/h5-8,13-16H,9-12H2,1-4H3,(H,30,31,32). The van der Waals surface area contributed by atoms with Gasteiger partial charge in [-0.05, 0) is 45.0 Å². The number of ether oxygens (including phenoxy) is 3. The number of carbonyl (C=O) groups excluding carboxylic acids is 2. The van der Waals surface area contributed by atoms with Crippen LogP contribution in [0.2, 0.25) is 0 Å². The highest BCUT2D eigenvalue weighted by atomic mass is 16.6. The van der Waals surface area contributed by atoms with Gasteiger partial charge in [-0.25, -0.2) is 19.6 Å². The Hall–Kier alpha value is -4.58. The van der Waals surface area contributed by atoms with Gasteiger partial charge in [0.25, 0.3) is 0 Å². The van der Waals surface area contributed by atoms with Crippen LogP contribution in [0.25, 0.3) is 22.2 Å². The Bertz CT molecular complexity index is 1510. The number of esters is 1. The molecule has 12 nitrogen and oxygen atoms in total. The molecule has 202 valence electrons. The Balaban J connectivity index is 1.48. The van der Waals surface area contributed by atoms with Gasteiger partial charge in [-0.15, -0.1) is 0 Å². The molecule has 1 saturated heterocycles. The fourth-order valence-electron chi connectivity index (χ4n) is 4.04. The number of benzene rings is 1. The number of hydrogen-bond acceptors (Lipinski definition) is 11. The molecule has 4 heterocycles. The lowest BCUT2D eigenvalue weighted by Gasteiger charge is -2.27. The van der Waals surface area contributed by atoms with E-state index in [1.54, 1.807) is 24.5 Å². The van der Waals surface area contributed by atoms with Gasteiger partial charge >= 0.3 is 12.1 Å². The third-order valence-corrected chi connectivity index (χ3v) is 5.87. The predicted molar refractivity (Wildman–Crippen MR) is 144 cm³/mol. The summed E-state index contributed by atoms with van der Waals surface area (Å²) in [6.07, 6.45) is 2.63. The number of morpholine rings is 1. The number of fused-ring (bicyclic) bond motifs is 1. The van der Waals surface area contributed by atoms with Crippen LogP contribution in [0.1, 0.15) is 31.3 Å². The highest BCUT2D eigenvalue weighted by Gasteiger charge is 2.21. The first kappa shape index (κ1) is 26.0. The first-order valence-electron chi connectivity index (χ1n) is 12.4. The van der Waals surface area contributed by atoms with E-state index >= 15 is 0 Å². The fraction of sp³-hybridized carbons (Fsp3) is 0.333. The second-order valence-electron chi connectivity index (χ2n) is 9.90. The summed E-state index contributed by atoms with van der Waals surface area (Å²) < 4.78 is 16.9. The summed E-state index contributed by atoms with van der Waals surface area (Å²) in [4.78, 5) is 40.1. The molecule has 1 aromatic carbocycles. The largest absolute Gasteiger partial charge is 0.464 e. The lowest BCUT2D eigenvalue weighted by atomic mass is 10.1. The van der Waals surface area contributed by atoms with E-state index in [0.29, 0.717) is 55.0 Å². The maximum absolute atomic E-state index is 12.6. The Kier molecular flexibility index (Phi) is 7.11. The number of carbonyl (C=O) groups is 2. The van der Waals surface area contributed by atoms with Crippen molar-refractivity contribution in [1.82, 2.24) is 24.7 Å². The fourth-order valence-corrected chi connectivity index (χ4v) is 4.04. The molecule has 0 amide bonds. The number of pyridine rings is 1. The average molecular weight is 532 g/mol. The van der Waals surface area contributed by atoms with Crippen LogP contribution in [-0.2, 0) is 14.2 Å². The molecule has 1 aliphatic rings. The monoisotopic (exact) mass is 531 g/mol. The maximum atomic E-state index is 12.6. The minimum atomic E-state index is -0.634. The quantitative estimate of drug-likeness (QED) is 0.374. The number of aromatic nitrogens is 5. The zero-order valence-corrected chi connectivity index (χ0v) is 22.2. The highest BCUT2D eigenvalue weighted by Crippen LogP contribution is 2.28. The Labute approximate surface area is 224 Å². The van der Waals surface area contributed by atoms with Crippen molar-refractivity contribution < 1.29 is 23.8 Å². The highest BCUT2D eigenvalue weighted by molar-refractivity contribution is 5.90. The van der Waals surface area contributed by atoms with Crippen molar-refractivity contribution in [3.63, 3.8) is 0 Å². The molecule has 0 saturated carbocycles.